The summed E-state index contributed by atoms with van der Waals surface area (Å²) < 4.78 is 25.9. The van der Waals surface area contributed by atoms with Crippen LogP contribution in [0.15, 0.2) is 82.7 Å². The van der Waals surface area contributed by atoms with Gasteiger partial charge in [-0.1, -0.05) is 61.3 Å². The number of para-hydroxylation sites is 1. The number of nitrogens with zero attached hydrogens (tertiary/aromatic N) is 3. The summed E-state index contributed by atoms with van der Waals surface area (Å²) in [5.41, 5.74) is 4.21. The zero-order chi connectivity index (χ0) is 30.0. The maximum atomic E-state index is 13.7. The molecule has 0 bridgehead atoms. The normalized spacial score (nSPS) is 11.5. The number of aromatic nitrogens is 2. The fraction of sp³-hybridized carbons (Fsp3) is 0.182. The number of halogens is 3. The van der Waals surface area contributed by atoms with Crippen LogP contribution in [0.5, 0.6) is 11.5 Å². The van der Waals surface area contributed by atoms with Crippen molar-refractivity contribution in [2.75, 3.05) is 7.11 Å². The van der Waals surface area contributed by atoms with E-state index in [1.807, 2.05) is 25.1 Å². The van der Waals surface area contributed by atoms with Crippen molar-refractivity contribution in [1.82, 2.24) is 9.66 Å². The van der Waals surface area contributed by atoms with E-state index in [2.05, 4.69) is 18.9 Å². The van der Waals surface area contributed by atoms with Crippen LogP contribution in [0.2, 0.25) is 10.0 Å². The molecule has 9 heteroatoms. The summed E-state index contributed by atoms with van der Waals surface area (Å²) in [6.07, 6.45) is 1.51. The van der Waals surface area contributed by atoms with E-state index < -0.39 is 0 Å². The molecule has 0 N–H and O–H groups in total. The molecule has 0 atom stereocenters. The third-order valence-electron chi connectivity index (χ3n) is 6.83. The topological polar surface area (TPSA) is 65.7 Å². The van der Waals surface area contributed by atoms with Gasteiger partial charge in [-0.2, -0.15) is 9.78 Å². The summed E-state index contributed by atoms with van der Waals surface area (Å²) in [5.74, 6) is 1.31. The molecule has 0 aliphatic carbocycles. The lowest BCUT2D eigenvalue weighted by Gasteiger charge is -2.17. The van der Waals surface area contributed by atoms with E-state index in [9.17, 15) is 9.18 Å². The Kier molecular flexibility index (Phi) is 8.61. The van der Waals surface area contributed by atoms with Gasteiger partial charge in [0.1, 0.15) is 18.2 Å². The molecule has 1 heterocycles. The number of fused-ring (bicyclic) bond motifs is 1. The Morgan fingerprint density at radius 2 is 1.71 bits per heavy atom. The SMILES string of the molecule is COc1cc(C)c(-c2nc3ccccc3c(=O)n2N=Cc2cc(Cl)c(OCc3ccc(F)cc3)c(Cl)c2)cc1C(C)C. The van der Waals surface area contributed by atoms with Gasteiger partial charge in [-0.3, -0.25) is 4.79 Å². The third-order valence-corrected chi connectivity index (χ3v) is 7.39. The van der Waals surface area contributed by atoms with Crippen molar-refractivity contribution < 1.29 is 13.9 Å². The number of rotatable bonds is 8. The van der Waals surface area contributed by atoms with Crippen LogP contribution >= 0.6 is 23.2 Å². The van der Waals surface area contributed by atoms with Crippen molar-refractivity contribution in [3.8, 4) is 22.9 Å². The summed E-state index contributed by atoms with van der Waals surface area (Å²) in [7, 11) is 1.64. The molecule has 0 saturated heterocycles. The molecule has 0 amide bonds. The number of methoxy groups -OCH3 is 1. The van der Waals surface area contributed by atoms with Gasteiger partial charge in [-0.25, -0.2) is 9.37 Å². The van der Waals surface area contributed by atoms with Gasteiger partial charge in [-0.05, 0) is 83.6 Å². The molecule has 5 rings (SSSR count). The molecule has 0 spiro atoms. The maximum Gasteiger partial charge on any atom is 0.282 e. The summed E-state index contributed by atoms with van der Waals surface area (Å²) >= 11 is 13.0. The van der Waals surface area contributed by atoms with Gasteiger partial charge in [0.15, 0.2) is 11.6 Å². The van der Waals surface area contributed by atoms with Gasteiger partial charge in [0.05, 0.1) is 34.3 Å². The van der Waals surface area contributed by atoms with Gasteiger partial charge in [-0.15, -0.1) is 0 Å². The van der Waals surface area contributed by atoms with E-state index >= 15 is 0 Å². The average Bonchev–Trinajstić information content (AvgIpc) is 2.96. The molecule has 0 fully saturated rings. The molecule has 4 aromatic carbocycles. The van der Waals surface area contributed by atoms with Crippen LogP contribution in [0.1, 0.15) is 42.0 Å². The standard InChI is InChI=1S/C33H28Cl2FN3O3/c1-19(2)25-16-26(20(3)13-30(25)41-4)32-38-29-8-6-5-7-24(29)33(40)39(32)37-17-22-14-27(34)31(28(35)15-22)42-18-21-9-11-23(36)12-10-21/h5-17,19H,18H2,1-4H3. The number of hydrogen-bond acceptors (Lipinski definition) is 5. The number of aryl methyl sites for hydroxylation is 1. The fourth-order valence-electron chi connectivity index (χ4n) is 4.62. The van der Waals surface area contributed by atoms with Crippen molar-refractivity contribution in [3.63, 3.8) is 0 Å². The van der Waals surface area contributed by atoms with Crippen LogP contribution in [0.3, 0.4) is 0 Å². The monoisotopic (exact) mass is 603 g/mol. The quantitative estimate of drug-likeness (QED) is 0.167. The maximum absolute atomic E-state index is 13.7. The van der Waals surface area contributed by atoms with E-state index in [0.29, 0.717) is 28.0 Å². The predicted molar refractivity (Wildman–Crippen MR) is 167 cm³/mol. The molecule has 0 unspecified atom stereocenters. The Hall–Kier alpha value is -4.20. The van der Waals surface area contributed by atoms with E-state index in [0.717, 1.165) is 28.0 Å². The van der Waals surface area contributed by atoms with Crippen LogP contribution in [0, 0.1) is 12.7 Å². The average molecular weight is 605 g/mol. The van der Waals surface area contributed by atoms with E-state index in [4.69, 9.17) is 37.7 Å². The first-order valence-corrected chi connectivity index (χ1v) is 14.0. The minimum atomic E-state index is -0.329. The van der Waals surface area contributed by atoms with Crippen LogP contribution in [0.4, 0.5) is 4.39 Å². The Bertz CT molecular complexity index is 1850. The predicted octanol–water partition coefficient (Wildman–Crippen LogP) is 8.41. The van der Waals surface area contributed by atoms with Gasteiger partial charge >= 0.3 is 0 Å². The third kappa shape index (κ3) is 6.03. The van der Waals surface area contributed by atoms with Crippen LogP contribution in [0.25, 0.3) is 22.3 Å². The van der Waals surface area contributed by atoms with Crippen molar-refractivity contribution in [3.05, 3.63) is 121 Å². The smallest absolute Gasteiger partial charge is 0.282 e. The van der Waals surface area contributed by atoms with Crippen LogP contribution < -0.4 is 15.0 Å². The molecule has 214 valence electrons. The van der Waals surface area contributed by atoms with Gasteiger partial charge in [0.25, 0.3) is 5.56 Å². The van der Waals surface area contributed by atoms with Crippen molar-refractivity contribution in [1.29, 1.82) is 0 Å². The summed E-state index contributed by atoms with van der Waals surface area (Å²) in [6.45, 7) is 6.27. The molecule has 5 aromatic rings. The Labute approximate surface area is 253 Å². The Morgan fingerprint density at radius 3 is 2.38 bits per heavy atom. The molecule has 1 aromatic heterocycles. The highest BCUT2D eigenvalue weighted by Gasteiger charge is 2.18. The summed E-state index contributed by atoms with van der Waals surface area (Å²) in [4.78, 5) is 18.6. The lowest BCUT2D eigenvalue weighted by Crippen LogP contribution is -2.20. The molecular weight excluding hydrogens is 576 g/mol. The number of benzene rings is 4. The summed E-state index contributed by atoms with van der Waals surface area (Å²) in [5, 5.41) is 5.54. The number of ether oxygens (including phenoxy) is 2. The van der Waals surface area contributed by atoms with Crippen LogP contribution in [-0.4, -0.2) is 23.0 Å². The first kappa shape index (κ1) is 29.3. The molecule has 42 heavy (non-hydrogen) atoms. The molecular formula is C33H28Cl2FN3O3. The van der Waals surface area contributed by atoms with Crippen molar-refractivity contribution in [2.45, 2.75) is 33.3 Å². The Balaban J connectivity index is 1.56. The minimum Gasteiger partial charge on any atom is -0.496 e. The van der Waals surface area contributed by atoms with Gasteiger partial charge in [0.2, 0.25) is 0 Å². The second kappa shape index (κ2) is 12.3. The highest BCUT2D eigenvalue weighted by molar-refractivity contribution is 6.37. The van der Waals surface area contributed by atoms with Gasteiger partial charge < -0.3 is 9.47 Å². The minimum absolute atomic E-state index is 0.161. The first-order valence-electron chi connectivity index (χ1n) is 13.3. The lowest BCUT2D eigenvalue weighted by molar-refractivity contribution is 0.306. The van der Waals surface area contributed by atoms with E-state index in [1.165, 1.54) is 23.0 Å². The summed E-state index contributed by atoms with van der Waals surface area (Å²) in [6, 6.07) is 20.4. The molecule has 0 radical (unpaired) electrons. The number of hydrogen-bond donors (Lipinski definition) is 0. The highest BCUT2D eigenvalue weighted by atomic mass is 35.5. The van der Waals surface area contributed by atoms with Gasteiger partial charge in [0, 0.05) is 5.56 Å². The van der Waals surface area contributed by atoms with E-state index in [1.54, 1.807) is 49.6 Å². The molecule has 6 nitrogen and oxygen atoms in total. The largest absolute Gasteiger partial charge is 0.496 e. The fourth-order valence-corrected chi connectivity index (χ4v) is 5.24. The Morgan fingerprint density at radius 1 is 1.02 bits per heavy atom. The van der Waals surface area contributed by atoms with Crippen molar-refractivity contribution >= 4 is 40.3 Å². The second-order valence-electron chi connectivity index (χ2n) is 10.1. The lowest BCUT2D eigenvalue weighted by atomic mass is 9.96. The molecule has 0 saturated carbocycles. The zero-order valence-electron chi connectivity index (χ0n) is 23.5. The van der Waals surface area contributed by atoms with Crippen molar-refractivity contribution in [2.24, 2.45) is 5.10 Å². The molecule has 0 aliphatic heterocycles. The first-order chi connectivity index (χ1) is 20.2. The highest BCUT2D eigenvalue weighted by Crippen LogP contribution is 2.36. The van der Waals surface area contributed by atoms with E-state index in [-0.39, 0.29) is 33.9 Å². The molecule has 0 aliphatic rings. The van der Waals surface area contributed by atoms with Crippen LogP contribution in [-0.2, 0) is 6.61 Å². The second-order valence-corrected chi connectivity index (χ2v) is 10.9. The zero-order valence-corrected chi connectivity index (χ0v) is 25.0.